The predicted octanol–water partition coefficient (Wildman–Crippen LogP) is 4.46. The van der Waals surface area contributed by atoms with Gasteiger partial charge in [0.15, 0.2) is 16.2 Å². The van der Waals surface area contributed by atoms with Crippen LogP contribution < -0.4 is 0 Å². The number of likely N-dealkylation sites (tertiary alicyclic amines) is 1. The molecule has 3 aromatic rings. The molecule has 2 fully saturated rings. The second kappa shape index (κ2) is 7.29. The maximum absolute atomic E-state index is 5.98. The molecule has 3 heterocycles. The molecule has 0 amide bonds. The summed E-state index contributed by atoms with van der Waals surface area (Å²) in [6.45, 7) is 7.36. The van der Waals surface area contributed by atoms with Gasteiger partial charge in [0.1, 0.15) is 11.3 Å². The van der Waals surface area contributed by atoms with Gasteiger partial charge in [0.05, 0.1) is 6.67 Å². The van der Waals surface area contributed by atoms with Crippen molar-refractivity contribution in [3.05, 3.63) is 53.4 Å². The third-order valence-corrected chi connectivity index (χ3v) is 6.22. The van der Waals surface area contributed by atoms with Crippen molar-refractivity contribution >= 4 is 23.3 Å². The Bertz CT molecular complexity index is 1020. The molecule has 28 heavy (non-hydrogen) atoms. The highest BCUT2D eigenvalue weighted by Gasteiger charge is 2.30. The van der Waals surface area contributed by atoms with Crippen LogP contribution in [0.2, 0.25) is 0 Å². The van der Waals surface area contributed by atoms with E-state index < -0.39 is 0 Å². The molecular weight excluding hydrogens is 370 g/mol. The van der Waals surface area contributed by atoms with Crippen LogP contribution in [0.15, 0.2) is 41.3 Å². The van der Waals surface area contributed by atoms with Gasteiger partial charge in [-0.15, -0.1) is 6.58 Å². The zero-order chi connectivity index (χ0) is 19.1. The quantitative estimate of drug-likeness (QED) is 0.456. The third kappa shape index (κ3) is 3.33. The van der Waals surface area contributed by atoms with Gasteiger partial charge in [0.25, 0.3) is 0 Å². The summed E-state index contributed by atoms with van der Waals surface area (Å²) in [6.07, 6.45) is 6.43. The Morgan fingerprint density at radius 3 is 2.64 bits per heavy atom. The van der Waals surface area contributed by atoms with Crippen LogP contribution in [0.1, 0.15) is 49.2 Å². The first-order valence-electron chi connectivity index (χ1n) is 10.1. The van der Waals surface area contributed by atoms with Gasteiger partial charge in [0.2, 0.25) is 0 Å². The van der Waals surface area contributed by atoms with E-state index in [0.29, 0.717) is 11.8 Å². The van der Waals surface area contributed by atoms with Crippen LogP contribution in [0.25, 0.3) is 11.1 Å². The van der Waals surface area contributed by atoms with Gasteiger partial charge in [-0.3, -0.25) is 9.47 Å². The topological polar surface area (TPSA) is 52.0 Å². The van der Waals surface area contributed by atoms with E-state index in [1.807, 2.05) is 35.0 Å². The van der Waals surface area contributed by atoms with Crippen LogP contribution in [0.3, 0.4) is 0 Å². The molecule has 5 rings (SSSR count). The summed E-state index contributed by atoms with van der Waals surface area (Å²) in [4.78, 5) is 7.12. The number of fused-ring (bicyclic) bond motifs is 1. The van der Waals surface area contributed by atoms with Gasteiger partial charge in [-0.1, -0.05) is 18.2 Å². The first-order chi connectivity index (χ1) is 13.7. The van der Waals surface area contributed by atoms with Crippen molar-refractivity contribution in [3.8, 4) is 0 Å². The average molecular weight is 396 g/mol. The van der Waals surface area contributed by atoms with Crippen LogP contribution in [0.5, 0.6) is 0 Å². The molecule has 1 saturated heterocycles. The lowest BCUT2D eigenvalue weighted by molar-refractivity contribution is 0.153. The molecule has 0 N–H and O–H groups in total. The SMILES string of the molecule is C=CCn1c(C2CC2)nn(CN2CCC(c3nc4ccccc4o3)CC2)c1=S. The van der Waals surface area contributed by atoms with Crippen molar-refractivity contribution in [2.75, 3.05) is 13.1 Å². The van der Waals surface area contributed by atoms with E-state index in [4.69, 9.17) is 21.7 Å². The highest BCUT2D eigenvalue weighted by molar-refractivity contribution is 7.71. The first-order valence-corrected chi connectivity index (χ1v) is 10.5. The minimum absolute atomic E-state index is 0.386. The van der Waals surface area contributed by atoms with E-state index in [-0.39, 0.29) is 0 Å². The van der Waals surface area contributed by atoms with Gasteiger partial charge in [0, 0.05) is 31.5 Å². The van der Waals surface area contributed by atoms with Gasteiger partial charge >= 0.3 is 0 Å². The molecule has 0 atom stereocenters. The van der Waals surface area contributed by atoms with Gasteiger partial charge in [-0.2, -0.15) is 5.10 Å². The molecule has 146 valence electrons. The molecule has 1 saturated carbocycles. The van der Waals surface area contributed by atoms with Gasteiger partial charge in [-0.05, 0) is 50.0 Å². The fraction of sp³-hybridized carbons (Fsp3) is 0.476. The molecule has 0 spiro atoms. The molecule has 1 aromatic carbocycles. The number of rotatable bonds is 6. The number of hydrogen-bond donors (Lipinski definition) is 0. The summed E-state index contributed by atoms with van der Waals surface area (Å²) in [5.41, 5.74) is 1.83. The van der Waals surface area contributed by atoms with E-state index in [1.54, 1.807) is 0 Å². The number of hydrogen-bond acceptors (Lipinski definition) is 5. The maximum Gasteiger partial charge on any atom is 0.199 e. The number of aromatic nitrogens is 4. The van der Waals surface area contributed by atoms with Crippen molar-refractivity contribution < 1.29 is 4.42 Å². The molecular formula is C21H25N5OS. The molecule has 6 nitrogen and oxygen atoms in total. The lowest BCUT2D eigenvalue weighted by atomic mass is 9.97. The second-order valence-electron chi connectivity index (χ2n) is 7.87. The zero-order valence-corrected chi connectivity index (χ0v) is 16.8. The smallest absolute Gasteiger partial charge is 0.199 e. The van der Waals surface area contributed by atoms with E-state index in [2.05, 4.69) is 21.0 Å². The average Bonchev–Trinajstić information content (AvgIpc) is 3.40. The summed E-state index contributed by atoms with van der Waals surface area (Å²) < 4.78 is 10.9. The summed E-state index contributed by atoms with van der Waals surface area (Å²) >= 11 is 5.69. The molecule has 0 radical (unpaired) electrons. The standard InChI is InChI=1S/C21H25N5OS/c1-2-11-25-19(15-7-8-15)23-26(21(25)28)14-24-12-9-16(10-13-24)20-22-17-5-3-4-6-18(17)27-20/h2-6,15-16H,1,7-14H2. The fourth-order valence-electron chi connectivity index (χ4n) is 4.07. The summed E-state index contributed by atoms with van der Waals surface area (Å²) in [5.74, 6) is 2.97. The van der Waals surface area contributed by atoms with Crippen LogP contribution in [0, 0.1) is 4.77 Å². The van der Waals surface area contributed by atoms with Crippen molar-refractivity contribution in [1.82, 2.24) is 24.2 Å². The second-order valence-corrected chi connectivity index (χ2v) is 8.23. The van der Waals surface area contributed by atoms with E-state index in [0.717, 1.165) is 66.7 Å². The number of allylic oxidation sites excluding steroid dienone is 1. The van der Waals surface area contributed by atoms with E-state index in [1.165, 1.54) is 12.8 Å². The van der Waals surface area contributed by atoms with Crippen molar-refractivity contribution in [3.63, 3.8) is 0 Å². The Hall–Kier alpha value is -2.25. The van der Waals surface area contributed by atoms with Crippen LogP contribution >= 0.6 is 12.2 Å². The van der Waals surface area contributed by atoms with Crippen molar-refractivity contribution in [1.29, 1.82) is 0 Å². The molecule has 1 aliphatic heterocycles. The minimum Gasteiger partial charge on any atom is -0.440 e. The predicted molar refractivity (Wildman–Crippen MR) is 111 cm³/mol. The summed E-state index contributed by atoms with van der Waals surface area (Å²) in [6, 6.07) is 7.99. The number of nitrogens with zero attached hydrogens (tertiary/aromatic N) is 5. The number of oxazole rings is 1. The van der Waals surface area contributed by atoms with Gasteiger partial charge in [-0.25, -0.2) is 9.67 Å². The lowest BCUT2D eigenvalue weighted by Crippen LogP contribution is -2.35. The Balaban J connectivity index is 1.27. The fourth-order valence-corrected chi connectivity index (χ4v) is 4.34. The zero-order valence-electron chi connectivity index (χ0n) is 16.0. The highest BCUT2D eigenvalue weighted by Crippen LogP contribution is 2.39. The van der Waals surface area contributed by atoms with Gasteiger partial charge < -0.3 is 4.42 Å². The monoisotopic (exact) mass is 395 g/mol. The molecule has 1 aliphatic carbocycles. The molecule has 2 aromatic heterocycles. The largest absolute Gasteiger partial charge is 0.440 e. The van der Waals surface area contributed by atoms with Crippen LogP contribution in [-0.2, 0) is 13.2 Å². The van der Waals surface area contributed by atoms with E-state index in [9.17, 15) is 0 Å². The van der Waals surface area contributed by atoms with Crippen molar-refractivity contribution in [2.45, 2.75) is 50.7 Å². The van der Waals surface area contributed by atoms with Crippen LogP contribution in [-0.4, -0.2) is 37.3 Å². The van der Waals surface area contributed by atoms with Crippen LogP contribution in [0.4, 0.5) is 0 Å². The summed E-state index contributed by atoms with van der Waals surface area (Å²) in [7, 11) is 0. The number of piperidine rings is 1. The maximum atomic E-state index is 5.98. The normalized spacial score (nSPS) is 18.7. The molecule has 7 heteroatoms. The first kappa shape index (κ1) is 17.8. The van der Waals surface area contributed by atoms with E-state index >= 15 is 0 Å². The Labute approximate surface area is 169 Å². The number of para-hydroxylation sites is 2. The Morgan fingerprint density at radius 2 is 1.93 bits per heavy atom. The lowest BCUT2D eigenvalue weighted by Gasteiger charge is -2.30. The number of benzene rings is 1. The summed E-state index contributed by atoms with van der Waals surface area (Å²) in [5, 5.41) is 4.85. The molecule has 0 bridgehead atoms. The molecule has 2 aliphatic rings. The molecule has 0 unspecified atom stereocenters. The Kier molecular flexibility index (Phi) is 4.64. The van der Waals surface area contributed by atoms with Crippen molar-refractivity contribution in [2.24, 2.45) is 0 Å². The highest BCUT2D eigenvalue weighted by atomic mass is 32.1. The Morgan fingerprint density at radius 1 is 1.14 bits per heavy atom. The third-order valence-electron chi connectivity index (χ3n) is 5.79. The minimum atomic E-state index is 0.386.